The SMILES string of the molecule is Cc1nn(CCO)c(C)c1CN1CCc2c(Cl)cccc21. The lowest BCUT2D eigenvalue weighted by molar-refractivity contribution is 0.268. The zero-order chi connectivity index (χ0) is 15.0. The van der Waals surface area contributed by atoms with E-state index in [-0.39, 0.29) is 6.61 Å². The summed E-state index contributed by atoms with van der Waals surface area (Å²) in [6, 6.07) is 6.10. The number of rotatable bonds is 4. The van der Waals surface area contributed by atoms with Gasteiger partial charge in [0.05, 0.1) is 18.8 Å². The summed E-state index contributed by atoms with van der Waals surface area (Å²) in [6.45, 7) is 6.60. The van der Waals surface area contributed by atoms with Crippen LogP contribution in [0.25, 0.3) is 0 Å². The molecule has 0 radical (unpaired) electrons. The molecule has 21 heavy (non-hydrogen) atoms. The molecule has 0 amide bonds. The highest BCUT2D eigenvalue weighted by atomic mass is 35.5. The number of aryl methyl sites for hydroxylation is 1. The summed E-state index contributed by atoms with van der Waals surface area (Å²) in [7, 11) is 0. The van der Waals surface area contributed by atoms with Crippen molar-refractivity contribution >= 4 is 17.3 Å². The first-order valence-corrected chi connectivity index (χ1v) is 7.65. The molecular formula is C16H20ClN3O. The van der Waals surface area contributed by atoms with Gasteiger partial charge in [-0.15, -0.1) is 0 Å². The zero-order valence-electron chi connectivity index (χ0n) is 12.4. The molecule has 0 bridgehead atoms. The highest BCUT2D eigenvalue weighted by molar-refractivity contribution is 6.31. The molecule has 1 aliphatic rings. The van der Waals surface area contributed by atoms with Crippen molar-refractivity contribution in [1.82, 2.24) is 9.78 Å². The van der Waals surface area contributed by atoms with Crippen LogP contribution >= 0.6 is 11.6 Å². The minimum Gasteiger partial charge on any atom is -0.394 e. The van der Waals surface area contributed by atoms with Crippen LogP contribution in [-0.2, 0) is 19.5 Å². The second kappa shape index (κ2) is 5.70. The Morgan fingerprint density at radius 2 is 2.14 bits per heavy atom. The molecule has 0 fully saturated rings. The van der Waals surface area contributed by atoms with E-state index < -0.39 is 0 Å². The van der Waals surface area contributed by atoms with E-state index in [0.29, 0.717) is 6.54 Å². The fourth-order valence-electron chi connectivity index (χ4n) is 3.09. The third-order valence-electron chi connectivity index (χ3n) is 4.26. The zero-order valence-corrected chi connectivity index (χ0v) is 13.2. The van der Waals surface area contributed by atoms with Crippen molar-refractivity contribution in [3.8, 4) is 0 Å². The Morgan fingerprint density at radius 1 is 1.33 bits per heavy atom. The molecule has 1 aromatic heterocycles. The fourth-order valence-corrected chi connectivity index (χ4v) is 3.35. The minimum atomic E-state index is 0.115. The first kappa shape index (κ1) is 14.4. The second-order valence-corrected chi connectivity index (χ2v) is 5.91. The molecule has 0 saturated carbocycles. The molecule has 2 heterocycles. The third-order valence-corrected chi connectivity index (χ3v) is 4.61. The Balaban J connectivity index is 1.88. The Kier molecular flexibility index (Phi) is 3.91. The number of benzene rings is 1. The van der Waals surface area contributed by atoms with Gasteiger partial charge in [-0.3, -0.25) is 4.68 Å². The van der Waals surface area contributed by atoms with Crippen molar-refractivity contribution in [3.63, 3.8) is 0 Å². The van der Waals surface area contributed by atoms with Crippen LogP contribution in [0.15, 0.2) is 18.2 Å². The monoisotopic (exact) mass is 305 g/mol. The number of nitrogens with zero attached hydrogens (tertiary/aromatic N) is 3. The second-order valence-electron chi connectivity index (χ2n) is 5.51. The van der Waals surface area contributed by atoms with Gasteiger partial charge in [0.15, 0.2) is 0 Å². The summed E-state index contributed by atoms with van der Waals surface area (Å²) in [5.41, 5.74) is 5.90. The maximum atomic E-state index is 9.10. The van der Waals surface area contributed by atoms with Gasteiger partial charge in [-0.1, -0.05) is 17.7 Å². The van der Waals surface area contributed by atoms with E-state index in [0.717, 1.165) is 35.9 Å². The smallest absolute Gasteiger partial charge is 0.0646 e. The van der Waals surface area contributed by atoms with Crippen LogP contribution in [0.2, 0.25) is 5.02 Å². The summed E-state index contributed by atoms with van der Waals surface area (Å²) in [5, 5.41) is 14.5. The fraction of sp³-hybridized carbons (Fsp3) is 0.438. The topological polar surface area (TPSA) is 41.3 Å². The number of fused-ring (bicyclic) bond motifs is 1. The van der Waals surface area contributed by atoms with Crippen molar-refractivity contribution in [2.45, 2.75) is 33.4 Å². The quantitative estimate of drug-likeness (QED) is 0.944. The number of aromatic nitrogens is 2. The number of aliphatic hydroxyl groups is 1. The van der Waals surface area contributed by atoms with Crippen LogP contribution in [-0.4, -0.2) is 28.0 Å². The average molecular weight is 306 g/mol. The van der Waals surface area contributed by atoms with Crippen molar-refractivity contribution in [3.05, 3.63) is 45.7 Å². The Hall–Kier alpha value is -1.52. The summed E-state index contributed by atoms with van der Waals surface area (Å²) < 4.78 is 1.89. The Morgan fingerprint density at radius 3 is 2.90 bits per heavy atom. The van der Waals surface area contributed by atoms with Crippen LogP contribution < -0.4 is 4.90 Å². The number of hydrogen-bond acceptors (Lipinski definition) is 3. The molecule has 0 aliphatic carbocycles. The van der Waals surface area contributed by atoms with Gasteiger partial charge in [0.25, 0.3) is 0 Å². The van der Waals surface area contributed by atoms with E-state index >= 15 is 0 Å². The van der Waals surface area contributed by atoms with Gasteiger partial charge in [-0.2, -0.15) is 5.10 Å². The van der Waals surface area contributed by atoms with Crippen LogP contribution in [0.5, 0.6) is 0 Å². The predicted octanol–water partition coefficient (Wildman–Crippen LogP) is 2.71. The van der Waals surface area contributed by atoms with Crippen LogP contribution in [0.1, 0.15) is 22.5 Å². The molecule has 0 saturated heterocycles. The lowest BCUT2D eigenvalue weighted by Gasteiger charge is -2.20. The number of hydrogen-bond donors (Lipinski definition) is 1. The maximum Gasteiger partial charge on any atom is 0.0646 e. The molecule has 1 N–H and O–H groups in total. The molecule has 4 nitrogen and oxygen atoms in total. The average Bonchev–Trinajstić information content (AvgIpc) is 2.98. The molecule has 0 spiro atoms. The molecule has 2 aromatic rings. The van der Waals surface area contributed by atoms with Gasteiger partial charge in [0.1, 0.15) is 0 Å². The van der Waals surface area contributed by atoms with Crippen LogP contribution in [0, 0.1) is 13.8 Å². The van der Waals surface area contributed by atoms with Crippen molar-refractivity contribution in [2.24, 2.45) is 0 Å². The maximum absolute atomic E-state index is 9.10. The van der Waals surface area contributed by atoms with Gasteiger partial charge in [-0.25, -0.2) is 0 Å². The van der Waals surface area contributed by atoms with Gasteiger partial charge in [-0.05, 0) is 38.0 Å². The van der Waals surface area contributed by atoms with Gasteiger partial charge in [0.2, 0.25) is 0 Å². The Labute approximate surface area is 130 Å². The normalized spacial score (nSPS) is 13.8. The Bertz CT molecular complexity index is 666. The highest BCUT2D eigenvalue weighted by Gasteiger charge is 2.23. The van der Waals surface area contributed by atoms with Crippen molar-refractivity contribution < 1.29 is 5.11 Å². The van der Waals surface area contributed by atoms with Crippen LogP contribution in [0.3, 0.4) is 0 Å². The van der Waals surface area contributed by atoms with E-state index in [4.69, 9.17) is 16.7 Å². The van der Waals surface area contributed by atoms with E-state index in [9.17, 15) is 0 Å². The molecular weight excluding hydrogens is 286 g/mol. The summed E-state index contributed by atoms with van der Waals surface area (Å²) in [6.07, 6.45) is 0.998. The summed E-state index contributed by atoms with van der Waals surface area (Å²) in [4.78, 5) is 2.36. The van der Waals surface area contributed by atoms with E-state index in [1.165, 1.54) is 16.8 Å². The minimum absolute atomic E-state index is 0.115. The molecule has 5 heteroatoms. The molecule has 0 unspecified atom stereocenters. The summed E-state index contributed by atoms with van der Waals surface area (Å²) in [5.74, 6) is 0. The van der Waals surface area contributed by atoms with Crippen molar-refractivity contribution in [2.75, 3.05) is 18.1 Å². The summed E-state index contributed by atoms with van der Waals surface area (Å²) >= 11 is 6.27. The third kappa shape index (κ3) is 2.54. The predicted molar refractivity (Wildman–Crippen MR) is 85.0 cm³/mol. The van der Waals surface area contributed by atoms with E-state index in [1.807, 2.05) is 23.7 Å². The standard InChI is InChI=1S/C16H20ClN3O/c1-11-14(12(2)20(18-11)8-9-21)10-19-7-6-13-15(17)4-3-5-16(13)19/h3-5,21H,6-10H2,1-2H3. The largest absolute Gasteiger partial charge is 0.394 e. The number of aliphatic hydroxyl groups excluding tert-OH is 1. The van der Waals surface area contributed by atoms with Crippen molar-refractivity contribution in [1.29, 1.82) is 0 Å². The molecule has 0 atom stereocenters. The highest BCUT2D eigenvalue weighted by Crippen LogP contribution is 2.34. The lowest BCUT2D eigenvalue weighted by Crippen LogP contribution is -2.20. The van der Waals surface area contributed by atoms with E-state index in [2.05, 4.69) is 23.0 Å². The molecule has 1 aromatic carbocycles. The molecule has 1 aliphatic heterocycles. The molecule has 112 valence electrons. The first-order valence-electron chi connectivity index (χ1n) is 7.28. The van der Waals surface area contributed by atoms with Gasteiger partial charge in [0, 0.05) is 35.1 Å². The van der Waals surface area contributed by atoms with Gasteiger partial charge >= 0.3 is 0 Å². The number of halogens is 1. The van der Waals surface area contributed by atoms with Gasteiger partial charge < -0.3 is 10.0 Å². The van der Waals surface area contributed by atoms with Crippen LogP contribution in [0.4, 0.5) is 5.69 Å². The molecule has 3 rings (SSSR count). The first-order chi connectivity index (χ1) is 10.1. The van der Waals surface area contributed by atoms with E-state index in [1.54, 1.807) is 0 Å². The number of anilines is 1. The lowest BCUT2D eigenvalue weighted by atomic mass is 10.1.